The third-order valence-corrected chi connectivity index (χ3v) is 6.55. The molecule has 0 unspecified atom stereocenters. The molecule has 8 heteroatoms. The summed E-state index contributed by atoms with van der Waals surface area (Å²) in [4.78, 5) is 11.3. The number of nitrogens with one attached hydrogen (secondary N) is 2. The zero-order chi connectivity index (χ0) is 18.6. The molecule has 2 fully saturated rings. The fourth-order valence-corrected chi connectivity index (χ4v) is 5.07. The molecular weight excluding hydrogens is 356 g/mol. The van der Waals surface area contributed by atoms with Crippen LogP contribution in [0.5, 0.6) is 0 Å². The van der Waals surface area contributed by atoms with Crippen molar-refractivity contribution in [1.82, 2.24) is 4.72 Å². The fraction of sp³-hybridized carbons (Fsp3) is 0.611. The molecule has 0 amide bonds. The standard InChI is InChI=1S/C18H26N2O5S/c21-18(22)13-8-9-16(19-12-15-7-4-10-25-15)17(11-13)26(23,24)20-14-5-2-1-3-6-14/h8-9,11,14-15,19-20H,1-7,10,12H2,(H,21,22)/t15-/m0/s1. The van der Waals surface area contributed by atoms with Gasteiger partial charge in [-0.25, -0.2) is 17.9 Å². The van der Waals surface area contributed by atoms with E-state index in [9.17, 15) is 18.3 Å². The van der Waals surface area contributed by atoms with Gasteiger partial charge in [-0.05, 0) is 43.9 Å². The number of sulfonamides is 1. The first kappa shape index (κ1) is 19.1. The van der Waals surface area contributed by atoms with Gasteiger partial charge in [0.15, 0.2) is 0 Å². The third-order valence-electron chi connectivity index (χ3n) is 4.99. The van der Waals surface area contributed by atoms with Crippen LogP contribution in [-0.4, -0.2) is 44.8 Å². The van der Waals surface area contributed by atoms with E-state index in [4.69, 9.17) is 4.74 Å². The van der Waals surface area contributed by atoms with Gasteiger partial charge in [-0.15, -0.1) is 0 Å². The van der Waals surface area contributed by atoms with E-state index in [2.05, 4.69) is 10.0 Å². The Morgan fingerprint density at radius 1 is 1.15 bits per heavy atom. The zero-order valence-electron chi connectivity index (χ0n) is 14.7. The van der Waals surface area contributed by atoms with Gasteiger partial charge >= 0.3 is 5.97 Å². The van der Waals surface area contributed by atoms with Gasteiger partial charge in [0.2, 0.25) is 10.0 Å². The van der Waals surface area contributed by atoms with Crippen LogP contribution in [-0.2, 0) is 14.8 Å². The quantitative estimate of drug-likeness (QED) is 0.669. The van der Waals surface area contributed by atoms with E-state index >= 15 is 0 Å². The average molecular weight is 382 g/mol. The molecule has 0 radical (unpaired) electrons. The Morgan fingerprint density at radius 2 is 1.92 bits per heavy atom. The summed E-state index contributed by atoms with van der Waals surface area (Å²) >= 11 is 0. The molecule has 0 bridgehead atoms. The number of carboxylic acids is 1. The largest absolute Gasteiger partial charge is 0.478 e. The maximum atomic E-state index is 12.9. The Bertz CT molecular complexity index is 738. The minimum Gasteiger partial charge on any atom is -0.478 e. The van der Waals surface area contributed by atoms with Gasteiger partial charge in [-0.3, -0.25) is 0 Å². The predicted molar refractivity (Wildman–Crippen MR) is 98.1 cm³/mol. The molecule has 3 rings (SSSR count). The number of hydrogen-bond acceptors (Lipinski definition) is 5. The second-order valence-corrected chi connectivity index (χ2v) is 8.67. The minimum absolute atomic E-state index is 0.0130. The van der Waals surface area contributed by atoms with Crippen molar-refractivity contribution in [2.45, 2.75) is 62.0 Å². The van der Waals surface area contributed by atoms with Gasteiger partial charge in [0, 0.05) is 19.2 Å². The van der Waals surface area contributed by atoms with Crippen LogP contribution in [0.2, 0.25) is 0 Å². The van der Waals surface area contributed by atoms with Crippen LogP contribution in [0.25, 0.3) is 0 Å². The lowest BCUT2D eigenvalue weighted by atomic mass is 9.96. The third kappa shape index (κ3) is 4.75. The highest BCUT2D eigenvalue weighted by atomic mass is 32.2. The molecule has 1 aliphatic carbocycles. The number of anilines is 1. The van der Waals surface area contributed by atoms with Gasteiger partial charge in [0.1, 0.15) is 4.90 Å². The van der Waals surface area contributed by atoms with Crippen LogP contribution in [0.15, 0.2) is 23.1 Å². The van der Waals surface area contributed by atoms with Crippen molar-refractivity contribution in [3.05, 3.63) is 23.8 Å². The van der Waals surface area contributed by atoms with Crippen molar-refractivity contribution in [3.63, 3.8) is 0 Å². The Morgan fingerprint density at radius 3 is 2.58 bits per heavy atom. The molecule has 144 valence electrons. The summed E-state index contributed by atoms with van der Waals surface area (Å²) in [5.74, 6) is -1.15. The number of rotatable bonds is 7. The van der Waals surface area contributed by atoms with Crippen LogP contribution in [0.1, 0.15) is 55.3 Å². The lowest BCUT2D eigenvalue weighted by Crippen LogP contribution is -2.36. The maximum absolute atomic E-state index is 12.9. The summed E-state index contributed by atoms with van der Waals surface area (Å²) in [5, 5.41) is 12.4. The lowest BCUT2D eigenvalue weighted by molar-refractivity contribution is 0.0696. The summed E-state index contributed by atoms with van der Waals surface area (Å²) in [5.41, 5.74) is 0.366. The van der Waals surface area contributed by atoms with Gasteiger partial charge in [-0.2, -0.15) is 0 Å². The van der Waals surface area contributed by atoms with Crippen molar-refractivity contribution in [2.75, 3.05) is 18.5 Å². The van der Waals surface area contributed by atoms with E-state index in [-0.39, 0.29) is 22.6 Å². The second kappa shape index (κ2) is 8.37. The first-order chi connectivity index (χ1) is 12.5. The number of carboxylic acid groups (broad SMARTS) is 1. The van der Waals surface area contributed by atoms with Gasteiger partial charge in [0.25, 0.3) is 0 Å². The van der Waals surface area contributed by atoms with E-state index in [0.717, 1.165) is 51.6 Å². The van der Waals surface area contributed by atoms with Crippen molar-refractivity contribution >= 4 is 21.7 Å². The minimum atomic E-state index is -3.81. The molecule has 0 spiro atoms. The number of ether oxygens (including phenoxy) is 1. The summed E-state index contributed by atoms with van der Waals surface area (Å²) in [6.07, 6.45) is 6.75. The fourth-order valence-electron chi connectivity index (χ4n) is 3.56. The molecule has 0 aromatic heterocycles. The van der Waals surface area contributed by atoms with Crippen molar-refractivity contribution < 1.29 is 23.1 Å². The molecule has 7 nitrogen and oxygen atoms in total. The Balaban J connectivity index is 1.82. The van der Waals surface area contributed by atoms with E-state index in [1.165, 1.54) is 18.2 Å². The number of benzene rings is 1. The van der Waals surface area contributed by atoms with Crippen LogP contribution in [0.3, 0.4) is 0 Å². The molecule has 1 aromatic rings. The molecule has 1 heterocycles. The molecule has 1 aromatic carbocycles. The second-order valence-electron chi connectivity index (χ2n) is 6.99. The molecule has 1 atom stereocenters. The highest BCUT2D eigenvalue weighted by Crippen LogP contribution is 2.26. The highest BCUT2D eigenvalue weighted by molar-refractivity contribution is 7.89. The summed E-state index contributed by atoms with van der Waals surface area (Å²) in [6.45, 7) is 1.22. The van der Waals surface area contributed by atoms with Crippen LogP contribution >= 0.6 is 0 Å². The van der Waals surface area contributed by atoms with Crippen LogP contribution in [0.4, 0.5) is 5.69 Å². The van der Waals surface area contributed by atoms with E-state index in [1.807, 2.05) is 0 Å². The SMILES string of the molecule is O=C(O)c1ccc(NC[C@@H]2CCCO2)c(S(=O)(=O)NC2CCCCC2)c1. The monoisotopic (exact) mass is 382 g/mol. The molecule has 3 N–H and O–H groups in total. The molecule has 1 aliphatic heterocycles. The normalized spacial score (nSPS) is 21.6. The molecule has 1 saturated heterocycles. The summed E-state index contributed by atoms with van der Waals surface area (Å²) in [7, 11) is -3.81. The molecule has 26 heavy (non-hydrogen) atoms. The summed E-state index contributed by atoms with van der Waals surface area (Å²) in [6, 6.07) is 4.08. The van der Waals surface area contributed by atoms with Gasteiger partial charge in [-0.1, -0.05) is 19.3 Å². The maximum Gasteiger partial charge on any atom is 0.335 e. The predicted octanol–water partition coefficient (Wildman–Crippen LogP) is 2.59. The summed E-state index contributed by atoms with van der Waals surface area (Å²) < 4.78 is 34.1. The van der Waals surface area contributed by atoms with Crippen LogP contribution < -0.4 is 10.0 Å². The van der Waals surface area contributed by atoms with Gasteiger partial charge < -0.3 is 15.2 Å². The first-order valence-electron chi connectivity index (χ1n) is 9.21. The Hall–Kier alpha value is -1.64. The van der Waals surface area contributed by atoms with E-state index in [1.54, 1.807) is 0 Å². The van der Waals surface area contributed by atoms with Gasteiger partial charge in [0.05, 0.1) is 17.4 Å². The van der Waals surface area contributed by atoms with Crippen molar-refractivity contribution in [2.24, 2.45) is 0 Å². The number of hydrogen-bond donors (Lipinski definition) is 3. The zero-order valence-corrected chi connectivity index (χ0v) is 15.6. The molecule has 2 aliphatic rings. The number of aromatic carboxylic acids is 1. The van der Waals surface area contributed by atoms with Crippen molar-refractivity contribution in [1.29, 1.82) is 0 Å². The Labute approximate surface area is 154 Å². The number of carbonyl (C=O) groups is 1. The lowest BCUT2D eigenvalue weighted by Gasteiger charge is -2.23. The van der Waals surface area contributed by atoms with E-state index in [0.29, 0.717) is 12.2 Å². The average Bonchev–Trinajstić information content (AvgIpc) is 3.13. The van der Waals surface area contributed by atoms with Crippen molar-refractivity contribution in [3.8, 4) is 0 Å². The smallest absolute Gasteiger partial charge is 0.335 e. The van der Waals surface area contributed by atoms with Crippen LogP contribution in [0, 0.1) is 0 Å². The molecule has 1 saturated carbocycles. The first-order valence-corrected chi connectivity index (χ1v) is 10.7. The molecular formula is C18H26N2O5S. The topological polar surface area (TPSA) is 105 Å². The van der Waals surface area contributed by atoms with E-state index < -0.39 is 16.0 Å². The highest BCUT2D eigenvalue weighted by Gasteiger charge is 2.26. The Kier molecular flexibility index (Phi) is 6.16.